The number of nitrogen functional groups attached to an aromatic ring is 1. The van der Waals surface area contributed by atoms with Gasteiger partial charge in [-0.3, -0.25) is 4.79 Å². The summed E-state index contributed by atoms with van der Waals surface area (Å²) in [7, 11) is 0. The number of nitrogens with two attached hydrogens (primary N) is 2. The Labute approximate surface area is 105 Å². The van der Waals surface area contributed by atoms with Gasteiger partial charge in [-0.25, -0.2) is 4.98 Å². The lowest BCUT2D eigenvalue weighted by Gasteiger charge is -2.08. The highest BCUT2D eigenvalue weighted by Gasteiger charge is 2.05. The summed E-state index contributed by atoms with van der Waals surface area (Å²) in [6.45, 7) is 1.80. The van der Waals surface area contributed by atoms with Crippen molar-refractivity contribution in [1.82, 2.24) is 4.98 Å². The van der Waals surface area contributed by atoms with Crippen LogP contribution in [0.25, 0.3) is 0 Å². The van der Waals surface area contributed by atoms with Crippen molar-refractivity contribution in [2.24, 2.45) is 5.73 Å². The molecule has 2 aromatic rings. The molecule has 0 saturated carbocycles. The summed E-state index contributed by atoms with van der Waals surface area (Å²) in [4.78, 5) is 15.4. The van der Waals surface area contributed by atoms with Gasteiger partial charge in [0.2, 0.25) is 5.91 Å². The van der Waals surface area contributed by atoms with Crippen LogP contribution >= 0.6 is 0 Å². The Morgan fingerprint density at radius 2 is 2.06 bits per heavy atom. The van der Waals surface area contributed by atoms with Crippen molar-refractivity contribution in [1.29, 1.82) is 0 Å². The maximum Gasteiger partial charge on any atom is 0.248 e. The number of benzene rings is 1. The van der Waals surface area contributed by atoms with Crippen LogP contribution in [0.4, 0.5) is 17.2 Å². The van der Waals surface area contributed by atoms with Gasteiger partial charge in [-0.15, -0.1) is 0 Å². The van der Waals surface area contributed by atoms with Gasteiger partial charge in [0.1, 0.15) is 5.82 Å². The minimum Gasteiger partial charge on any atom is -0.399 e. The van der Waals surface area contributed by atoms with E-state index in [2.05, 4.69) is 10.3 Å². The molecule has 5 heteroatoms. The average Bonchev–Trinajstić information content (AvgIpc) is 2.28. The second-order valence-corrected chi connectivity index (χ2v) is 4.00. The number of nitrogens with one attached hydrogen (secondary N) is 1. The van der Waals surface area contributed by atoms with Crippen LogP contribution in [0.2, 0.25) is 0 Å². The molecule has 5 nitrogen and oxygen atoms in total. The maximum atomic E-state index is 11.2. The molecule has 0 aliphatic carbocycles. The molecule has 0 saturated heterocycles. The van der Waals surface area contributed by atoms with Crippen LogP contribution in [0.15, 0.2) is 36.4 Å². The van der Waals surface area contributed by atoms with E-state index < -0.39 is 5.91 Å². The summed E-state index contributed by atoms with van der Waals surface area (Å²) in [6, 6.07) is 10.5. The van der Waals surface area contributed by atoms with E-state index in [0.717, 1.165) is 11.4 Å². The maximum absolute atomic E-state index is 11.2. The highest BCUT2D eigenvalue weighted by Crippen LogP contribution is 2.18. The van der Waals surface area contributed by atoms with E-state index in [1.165, 1.54) is 0 Å². The van der Waals surface area contributed by atoms with E-state index in [9.17, 15) is 4.79 Å². The van der Waals surface area contributed by atoms with Crippen molar-refractivity contribution >= 4 is 23.1 Å². The van der Waals surface area contributed by atoms with Gasteiger partial charge in [0.15, 0.2) is 0 Å². The van der Waals surface area contributed by atoms with Crippen molar-refractivity contribution in [2.75, 3.05) is 11.1 Å². The lowest BCUT2D eigenvalue weighted by Crippen LogP contribution is -2.12. The number of hydrogen-bond donors (Lipinski definition) is 3. The highest BCUT2D eigenvalue weighted by atomic mass is 16.1. The van der Waals surface area contributed by atoms with Gasteiger partial charge in [-0.1, -0.05) is 6.07 Å². The second-order valence-electron chi connectivity index (χ2n) is 4.00. The Balaban J connectivity index is 2.31. The quantitative estimate of drug-likeness (QED) is 0.715. The average molecular weight is 242 g/mol. The Morgan fingerprint density at radius 1 is 1.28 bits per heavy atom. The first kappa shape index (κ1) is 11.9. The van der Waals surface area contributed by atoms with Crippen LogP contribution in [0.1, 0.15) is 16.1 Å². The van der Waals surface area contributed by atoms with Crippen molar-refractivity contribution in [3.8, 4) is 0 Å². The predicted octanol–water partition coefficient (Wildman–Crippen LogP) is 1.81. The van der Waals surface area contributed by atoms with Gasteiger partial charge in [0.05, 0.1) is 0 Å². The fourth-order valence-corrected chi connectivity index (χ4v) is 1.64. The number of hydrogen-bond acceptors (Lipinski definition) is 4. The highest BCUT2D eigenvalue weighted by molar-refractivity contribution is 5.93. The lowest BCUT2D eigenvalue weighted by atomic mass is 10.2. The molecule has 18 heavy (non-hydrogen) atoms. The molecular weight excluding hydrogens is 228 g/mol. The predicted molar refractivity (Wildman–Crippen MR) is 71.6 cm³/mol. The Morgan fingerprint density at radius 3 is 2.72 bits per heavy atom. The number of rotatable bonds is 3. The lowest BCUT2D eigenvalue weighted by molar-refractivity contribution is 0.1000. The Kier molecular flexibility index (Phi) is 3.14. The third kappa shape index (κ3) is 2.76. The normalized spacial score (nSPS) is 10.1. The number of nitrogens with zero attached hydrogens (tertiary/aromatic N) is 1. The van der Waals surface area contributed by atoms with Crippen molar-refractivity contribution in [3.05, 3.63) is 47.7 Å². The molecular formula is C13H14N4O. The smallest absolute Gasteiger partial charge is 0.248 e. The molecule has 0 aliphatic heterocycles. The molecule has 2 rings (SSSR count). The summed E-state index contributed by atoms with van der Waals surface area (Å²) in [5, 5.41) is 3.08. The van der Waals surface area contributed by atoms with Gasteiger partial charge in [-0.2, -0.15) is 0 Å². The van der Waals surface area contributed by atoms with E-state index in [0.29, 0.717) is 17.1 Å². The second kappa shape index (κ2) is 4.75. The number of carbonyl (C=O) groups is 1. The summed E-state index contributed by atoms with van der Waals surface area (Å²) in [5.41, 5.74) is 13.5. The fourth-order valence-electron chi connectivity index (χ4n) is 1.64. The molecule has 5 N–H and O–H groups in total. The molecule has 0 fully saturated rings. The molecule has 0 aliphatic rings. The Bertz CT molecular complexity index is 595. The third-order valence-electron chi connectivity index (χ3n) is 2.40. The van der Waals surface area contributed by atoms with Crippen LogP contribution in [0, 0.1) is 6.92 Å². The van der Waals surface area contributed by atoms with Crippen LogP contribution in [-0.4, -0.2) is 10.9 Å². The van der Waals surface area contributed by atoms with Gasteiger partial charge < -0.3 is 16.8 Å². The summed E-state index contributed by atoms with van der Waals surface area (Å²) in [6.07, 6.45) is 0. The first-order valence-electron chi connectivity index (χ1n) is 5.45. The molecule has 1 amide bonds. The van der Waals surface area contributed by atoms with Gasteiger partial charge >= 0.3 is 0 Å². The van der Waals surface area contributed by atoms with Crippen LogP contribution in [-0.2, 0) is 0 Å². The zero-order valence-electron chi connectivity index (χ0n) is 9.97. The number of primary amides is 1. The van der Waals surface area contributed by atoms with Gasteiger partial charge in [0.25, 0.3) is 0 Å². The number of aromatic nitrogens is 1. The molecule has 0 spiro atoms. The molecule has 92 valence electrons. The Hall–Kier alpha value is -2.56. The zero-order valence-corrected chi connectivity index (χ0v) is 9.97. The van der Waals surface area contributed by atoms with Gasteiger partial charge in [0, 0.05) is 22.6 Å². The number of anilines is 3. The van der Waals surface area contributed by atoms with E-state index in [4.69, 9.17) is 11.5 Å². The summed E-state index contributed by atoms with van der Waals surface area (Å²) in [5.74, 6) is 0.0884. The number of pyridine rings is 1. The molecule has 1 heterocycles. The minimum absolute atomic E-state index is 0.425. The first-order valence-corrected chi connectivity index (χ1v) is 5.45. The number of carbonyl (C=O) groups excluding carboxylic acids is 1. The van der Waals surface area contributed by atoms with Crippen LogP contribution in [0.3, 0.4) is 0 Å². The van der Waals surface area contributed by atoms with Crippen molar-refractivity contribution < 1.29 is 4.79 Å². The topological polar surface area (TPSA) is 94.0 Å². The summed E-state index contributed by atoms with van der Waals surface area (Å²) >= 11 is 0. The van der Waals surface area contributed by atoms with Crippen molar-refractivity contribution in [2.45, 2.75) is 6.92 Å². The fraction of sp³-hybridized carbons (Fsp3) is 0.0769. The van der Waals surface area contributed by atoms with E-state index in [-0.39, 0.29) is 0 Å². The number of amides is 1. The van der Waals surface area contributed by atoms with Crippen LogP contribution < -0.4 is 16.8 Å². The van der Waals surface area contributed by atoms with E-state index in [1.807, 2.05) is 12.1 Å². The molecule has 0 atom stereocenters. The number of aryl methyl sites for hydroxylation is 1. The first-order chi connectivity index (χ1) is 8.54. The SMILES string of the molecule is Cc1cc(C(N)=O)cc(Nc2cccc(N)c2)n1. The molecule has 0 radical (unpaired) electrons. The molecule has 1 aromatic carbocycles. The van der Waals surface area contributed by atoms with Crippen LogP contribution in [0.5, 0.6) is 0 Å². The summed E-state index contributed by atoms with van der Waals surface area (Å²) < 4.78 is 0. The van der Waals surface area contributed by atoms with Crippen molar-refractivity contribution in [3.63, 3.8) is 0 Å². The largest absolute Gasteiger partial charge is 0.399 e. The third-order valence-corrected chi connectivity index (χ3v) is 2.40. The zero-order chi connectivity index (χ0) is 13.1. The minimum atomic E-state index is -0.476. The van der Waals surface area contributed by atoms with E-state index >= 15 is 0 Å². The standard InChI is InChI=1S/C13H14N4O/c1-8-5-9(13(15)18)6-12(16-8)17-11-4-2-3-10(14)7-11/h2-7H,14H2,1H3,(H2,15,18)(H,16,17). The molecule has 0 bridgehead atoms. The van der Waals surface area contributed by atoms with E-state index in [1.54, 1.807) is 31.2 Å². The monoisotopic (exact) mass is 242 g/mol. The molecule has 0 unspecified atom stereocenters. The molecule has 1 aromatic heterocycles. The van der Waals surface area contributed by atoms with Gasteiger partial charge in [-0.05, 0) is 37.3 Å².